The molecule has 1 unspecified atom stereocenters. The SMILES string of the molecule is CCC(C)(CO)NC(=O)c1ccccc1OC(F)F. The topological polar surface area (TPSA) is 58.6 Å². The van der Waals surface area contributed by atoms with Crippen molar-refractivity contribution in [1.82, 2.24) is 5.32 Å². The molecule has 2 N–H and O–H groups in total. The van der Waals surface area contributed by atoms with E-state index in [1.165, 1.54) is 18.2 Å². The van der Waals surface area contributed by atoms with E-state index < -0.39 is 18.1 Å². The van der Waals surface area contributed by atoms with Gasteiger partial charge in [-0.25, -0.2) is 0 Å². The Morgan fingerprint density at radius 2 is 2.11 bits per heavy atom. The minimum atomic E-state index is -3.00. The van der Waals surface area contributed by atoms with Crippen LogP contribution in [0.15, 0.2) is 24.3 Å². The Balaban J connectivity index is 2.93. The summed E-state index contributed by atoms with van der Waals surface area (Å²) in [6.07, 6.45) is 0.507. The number of alkyl halides is 2. The van der Waals surface area contributed by atoms with Gasteiger partial charge < -0.3 is 15.2 Å². The van der Waals surface area contributed by atoms with Crippen LogP contribution in [0, 0.1) is 0 Å². The number of aliphatic hydroxyl groups excluding tert-OH is 1. The molecule has 106 valence electrons. The summed E-state index contributed by atoms with van der Waals surface area (Å²) < 4.78 is 28.8. The minimum Gasteiger partial charge on any atom is -0.434 e. The molecule has 0 heterocycles. The molecule has 1 amide bonds. The third kappa shape index (κ3) is 4.17. The van der Waals surface area contributed by atoms with Crippen molar-refractivity contribution in [2.45, 2.75) is 32.4 Å². The molecule has 0 saturated carbocycles. The smallest absolute Gasteiger partial charge is 0.387 e. The Bertz CT molecular complexity index is 434. The average molecular weight is 273 g/mol. The van der Waals surface area contributed by atoms with Gasteiger partial charge in [0, 0.05) is 0 Å². The second-order valence-electron chi connectivity index (χ2n) is 4.40. The van der Waals surface area contributed by atoms with Crippen molar-refractivity contribution in [1.29, 1.82) is 0 Å². The molecule has 0 aliphatic rings. The molecule has 0 aliphatic heterocycles. The first-order valence-corrected chi connectivity index (χ1v) is 5.89. The fraction of sp³-hybridized carbons (Fsp3) is 0.462. The van der Waals surface area contributed by atoms with Crippen molar-refractivity contribution in [3.05, 3.63) is 29.8 Å². The van der Waals surface area contributed by atoms with Gasteiger partial charge >= 0.3 is 6.61 Å². The van der Waals surface area contributed by atoms with Crippen molar-refractivity contribution < 1.29 is 23.4 Å². The van der Waals surface area contributed by atoms with Crippen molar-refractivity contribution in [3.8, 4) is 5.75 Å². The highest BCUT2D eigenvalue weighted by Gasteiger charge is 2.25. The van der Waals surface area contributed by atoms with Gasteiger partial charge in [-0.2, -0.15) is 8.78 Å². The first-order chi connectivity index (χ1) is 8.91. The molecule has 0 bridgehead atoms. The monoisotopic (exact) mass is 273 g/mol. The molecule has 0 saturated heterocycles. The van der Waals surface area contributed by atoms with Crippen LogP contribution in [0.3, 0.4) is 0 Å². The molecule has 0 aliphatic carbocycles. The molecule has 1 aromatic rings. The lowest BCUT2D eigenvalue weighted by molar-refractivity contribution is -0.0501. The van der Waals surface area contributed by atoms with Crippen LogP contribution in [0.4, 0.5) is 8.78 Å². The van der Waals surface area contributed by atoms with E-state index in [0.29, 0.717) is 6.42 Å². The molecule has 1 atom stereocenters. The van der Waals surface area contributed by atoms with Gasteiger partial charge in [0.05, 0.1) is 17.7 Å². The lowest BCUT2D eigenvalue weighted by Crippen LogP contribution is -2.48. The maximum Gasteiger partial charge on any atom is 0.387 e. The Hall–Kier alpha value is -1.69. The zero-order valence-electron chi connectivity index (χ0n) is 10.8. The predicted molar refractivity (Wildman–Crippen MR) is 66.3 cm³/mol. The van der Waals surface area contributed by atoms with Crippen LogP contribution in [0.5, 0.6) is 5.75 Å². The molecule has 19 heavy (non-hydrogen) atoms. The third-order valence-corrected chi connectivity index (χ3v) is 2.89. The molecule has 0 radical (unpaired) electrons. The Morgan fingerprint density at radius 3 is 2.63 bits per heavy atom. The number of benzene rings is 1. The highest BCUT2D eigenvalue weighted by molar-refractivity contribution is 5.97. The summed E-state index contributed by atoms with van der Waals surface area (Å²) in [6, 6.07) is 5.73. The van der Waals surface area contributed by atoms with Crippen LogP contribution in [-0.4, -0.2) is 29.8 Å². The van der Waals surface area contributed by atoms with Crippen LogP contribution in [-0.2, 0) is 0 Å². The van der Waals surface area contributed by atoms with Gasteiger partial charge in [0.2, 0.25) is 0 Å². The Labute approximate surface area is 110 Å². The van der Waals surface area contributed by atoms with Gasteiger partial charge in [-0.15, -0.1) is 0 Å². The summed E-state index contributed by atoms with van der Waals surface area (Å²) >= 11 is 0. The molecule has 6 heteroatoms. The van der Waals surface area contributed by atoms with Crippen LogP contribution in [0.1, 0.15) is 30.6 Å². The normalized spacial score (nSPS) is 14.0. The van der Waals surface area contributed by atoms with Crippen LogP contribution < -0.4 is 10.1 Å². The first-order valence-electron chi connectivity index (χ1n) is 5.89. The second kappa shape index (κ2) is 6.47. The number of hydrogen-bond acceptors (Lipinski definition) is 3. The number of aliphatic hydroxyl groups is 1. The highest BCUT2D eigenvalue weighted by Crippen LogP contribution is 2.21. The number of rotatable bonds is 6. The van der Waals surface area contributed by atoms with Gasteiger partial charge in [0.15, 0.2) is 0 Å². The van der Waals surface area contributed by atoms with Crippen molar-refractivity contribution in [2.75, 3.05) is 6.61 Å². The van der Waals surface area contributed by atoms with Crippen LogP contribution in [0.2, 0.25) is 0 Å². The number of nitrogens with one attached hydrogen (secondary N) is 1. The summed E-state index contributed by atoms with van der Waals surface area (Å²) in [7, 11) is 0. The van der Waals surface area contributed by atoms with Gasteiger partial charge in [0.1, 0.15) is 5.75 Å². The standard InChI is InChI=1S/C13H17F2NO3/c1-3-13(2,8-17)16-11(18)9-6-4-5-7-10(9)19-12(14)15/h4-7,12,17H,3,8H2,1-2H3,(H,16,18). The molecular weight excluding hydrogens is 256 g/mol. The third-order valence-electron chi connectivity index (χ3n) is 2.89. The number of ether oxygens (including phenoxy) is 1. The van der Waals surface area contributed by atoms with E-state index in [2.05, 4.69) is 10.1 Å². The summed E-state index contributed by atoms with van der Waals surface area (Å²) in [6.45, 7) is 0.233. The molecule has 1 aromatic carbocycles. The maximum atomic E-state index is 12.2. The maximum absolute atomic E-state index is 12.2. The van der Waals surface area contributed by atoms with Crippen molar-refractivity contribution in [2.24, 2.45) is 0 Å². The second-order valence-corrected chi connectivity index (χ2v) is 4.40. The predicted octanol–water partition coefficient (Wildman–Crippen LogP) is 2.18. The van der Waals surface area contributed by atoms with Gasteiger partial charge in [-0.3, -0.25) is 4.79 Å². The van der Waals surface area contributed by atoms with Crippen LogP contribution >= 0.6 is 0 Å². The number of para-hydroxylation sites is 1. The fourth-order valence-electron chi connectivity index (χ4n) is 1.43. The average Bonchev–Trinajstić information content (AvgIpc) is 2.38. The molecule has 4 nitrogen and oxygen atoms in total. The van der Waals surface area contributed by atoms with E-state index in [1.54, 1.807) is 19.9 Å². The first kappa shape index (κ1) is 15.4. The van der Waals surface area contributed by atoms with Crippen molar-refractivity contribution >= 4 is 5.91 Å². The Morgan fingerprint density at radius 1 is 1.47 bits per heavy atom. The van der Waals surface area contributed by atoms with Gasteiger partial charge in [-0.1, -0.05) is 19.1 Å². The molecule has 0 fully saturated rings. The largest absolute Gasteiger partial charge is 0.434 e. The molecule has 0 aromatic heterocycles. The number of hydrogen-bond donors (Lipinski definition) is 2. The van der Waals surface area contributed by atoms with Crippen LogP contribution in [0.25, 0.3) is 0 Å². The summed E-state index contributed by atoms with van der Waals surface area (Å²) in [5, 5.41) is 11.8. The fourth-order valence-corrected chi connectivity index (χ4v) is 1.43. The lowest BCUT2D eigenvalue weighted by Gasteiger charge is -2.27. The summed E-state index contributed by atoms with van der Waals surface area (Å²) in [4.78, 5) is 12.0. The summed E-state index contributed by atoms with van der Waals surface area (Å²) in [5.41, 5.74) is -0.786. The molecule has 1 rings (SSSR count). The number of carbonyl (C=O) groups is 1. The van der Waals surface area contributed by atoms with E-state index >= 15 is 0 Å². The van der Waals surface area contributed by atoms with Gasteiger partial charge in [-0.05, 0) is 25.5 Å². The molecule has 0 spiro atoms. The van der Waals surface area contributed by atoms with Crippen molar-refractivity contribution in [3.63, 3.8) is 0 Å². The van der Waals surface area contributed by atoms with E-state index in [9.17, 15) is 18.7 Å². The quantitative estimate of drug-likeness (QED) is 0.835. The van der Waals surface area contributed by atoms with E-state index in [-0.39, 0.29) is 17.9 Å². The van der Waals surface area contributed by atoms with E-state index in [4.69, 9.17) is 0 Å². The molecular formula is C13H17F2NO3. The number of amides is 1. The van der Waals surface area contributed by atoms with E-state index in [0.717, 1.165) is 0 Å². The van der Waals surface area contributed by atoms with Gasteiger partial charge in [0.25, 0.3) is 5.91 Å². The zero-order chi connectivity index (χ0) is 14.5. The lowest BCUT2D eigenvalue weighted by atomic mass is 9.99. The van der Waals surface area contributed by atoms with E-state index in [1.807, 2.05) is 0 Å². The number of carbonyl (C=O) groups excluding carboxylic acids is 1. The Kier molecular flexibility index (Phi) is 5.23. The zero-order valence-corrected chi connectivity index (χ0v) is 10.8. The minimum absolute atomic E-state index is 0.0101. The summed E-state index contributed by atoms with van der Waals surface area (Å²) in [5.74, 6) is -0.749. The highest BCUT2D eigenvalue weighted by atomic mass is 19.3. The number of halogens is 2.